The highest BCUT2D eigenvalue weighted by Crippen LogP contribution is 2.40. The molecule has 1 aromatic carbocycles. The van der Waals surface area contributed by atoms with Gasteiger partial charge in [0.2, 0.25) is 0 Å². The van der Waals surface area contributed by atoms with Crippen LogP contribution in [-0.4, -0.2) is 263 Å². The molecule has 0 bridgehead atoms. The minimum Gasteiger partial charge on any atom is -0.465 e. The van der Waals surface area contributed by atoms with Crippen molar-refractivity contribution in [1.29, 1.82) is 0 Å². The highest BCUT2D eigenvalue weighted by molar-refractivity contribution is 5.92. The Hall–Kier alpha value is -10.2. The van der Waals surface area contributed by atoms with E-state index in [2.05, 4.69) is 110 Å². The van der Waals surface area contributed by atoms with Gasteiger partial charge in [0.25, 0.3) is 23.6 Å². The zero-order chi connectivity index (χ0) is 98.1. The number of hydrogen-bond acceptors (Lipinski definition) is 35. The van der Waals surface area contributed by atoms with E-state index in [9.17, 15) is 25.2 Å². The molecule has 0 radical (unpaired) electrons. The summed E-state index contributed by atoms with van der Waals surface area (Å²) in [6.45, 7) is 23.0. The van der Waals surface area contributed by atoms with E-state index in [-0.39, 0.29) is 54.9 Å². The number of β-amino-alcohol motifs (C(OH)–C–C–N with tert-alkyl or cyclic N) is 2. The van der Waals surface area contributed by atoms with Gasteiger partial charge in [-0.2, -0.15) is 19.9 Å². The molecule has 10 fully saturated rings. The number of carbonyl (C=O) groups is 1. The fourth-order valence-corrected chi connectivity index (χ4v) is 22.2. The molecule has 13 N–H and O–H groups in total. The summed E-state index contributed by atoms with van der Waals surface area (Å²) in [6, 6.07) is 20.5. The average molecular weight is 1930 g/mol. The van der Waals surface area contributed by atoms with Gasteiger partial charge in [0.15, 0.2) is 23.3 Å². The number of methoxy groups -OCH3 is 2. The number of pyridine rings is 4. The summed E-state index contributed by atoms with van der Waals surface area (Å²) >= 11 is 0. The van der Waals surface area contributed by atoms with E-state index in [4.69, 9.17) is 54.0 Å². The number of piperidine rings is 5. The SMILES string of the molecule is CCc1noc(-c2cc(C)cnc2N2CCC(NC3CCCCC3)C(CO)C2)n1.COC(=O)C(/C=C(/C)N)=C(/N)N1CCC(NC2CCCCC2)C(CO)C1.COC1CN(c2ncc(C)cc2-c2nc(C)no2)CCC1NC1CCCCC1.Cc1cnc(N2CC[C@@H](NC3CCCCC3)[C@H](O)C2)c(-c2nc(C)no2)c1.Cc1noc(-c2cc3ccccc3nc2N2CC[C@@H](NC3CCCCC3)[C@H](O)C2)n1. The van der Waals surface area contributed by atoms with Crippen molar-refractivity contribution in [1.82, 2.24) is 92.0 Å². The maximum absolute atomic E-state index is 12.1. The quantitative estimate of drug-likeness (QED) is 0.0144. The molecule has 5 aliphatic heterocycles. The van der Waals surface area contributed by atoms with Crippen LogP contribution in [0.25, 0.3) is 56.7 Å². The minimum atomic E-state index is -0.504. The molecule has 0 amide bonds. The standard InChI is InChI=1S/C23H29N5O2.C22H33N5O2.C21H31N5O2.C20H29N5O2.C19H34N4O3/c1-15-24-23(30-27-15)18-13-16-7-5-6-10-19(16)26-22(18)28-12-11-20(21(29)14-28)25-17-8-3-2-4-9-17;1-3-20-25-22(29-26-20)18-11-15(2)12-23-21(18)27-10-9-19(16(13-27)14-28)24-17-7-5-4-6-8-17;1-14-11-17(21-23-15(2)25-28-21)20(22-12-14)26-10-9-18(19(13-26)27-3)24-16-7-5-4-6-8-16;1-13-10-16(20-22-14(2)24-27-20)19(21-11-13)25-9-8-17(18(26)12-25)23-15-6-4-3-5-7-15;1-13(20)10-16(19(25)26-2)18(21)23-9-8-17(14(11-23)12-24)22-15-6-4-3-5-7-15/h5-7,10,13,17,20-21,25,29H,2-4,8-9,11-12,14H2,1H3;11-12,16-17,19,24,28H,3-10,13-14H2,1-2H3;11-12,16,18-19,24H,4-10,13H2,1-3H3;10-11,15,17-18,23,26H,3-9,12H2,1-2H3;10,14-15,17,22,24H,3-9,11-12,20-21H2,1-2H3/b;;;;13-10-,18-16-/t20-,21-;;;17-,18-;/m1..1./s1. The Morgan fingerprint density at radius 3 is 1.19 bits per heavy atom. The third-order valence-corrected chi connectivity index (χ3v) is 29.8. The van der Waals surface area contributed by atoms with Crippen LogP contribution in [0.2, 0.25) is 0 Å². The lowest BCUT2D eigenvalue weighted by Crippen LogP contribution is -2.56. The number of nitrogens with two attached hydrogens (primary N) is 2. The van der Waals surface area contributed by atoms with E-state index in [1.807, 2.05) is 109 Å². The van der Waals surface area contributed by atoms with Gasteiger partial charge in [-0.3, -0.25) is 0 Å². The largest absolute Gasteiger partial charge is 0.465 e. The van der Waals surface area contributed by atoms with Crippen LogP contribution in [0.4, 0.5) is 23.3 Å². The lowest BCUT2D eigenvalue weighted by molar-refractivity contribution is -0.135. The predicted molar refractivity (Wildman–Crippen MR) is 543 cm³/mol. The van der Waals surface area contributed by atoms with E-state index in [1.165, 1.54) is 168 Å². The highest BCUT2D eigenvalue weighted by atomic mass is 16.5. The lowest BCUT2D eigenvalue weighted by atomic mass is 9.89. The number of nitrogens with zero attached hydrogens (tertiary/aromatic N) is 17. The van der Waals surface area contributed by atoms with Crippen LogP contribution in [-0.2, 0) is 20.7 Å². The van der Waals surface area contributed by atoms with Crippen LogP contribution < -0.4 is 57.7 Å². The number of ether oxygens (including phenoxy) is 2. The van der Waals surface area contributed by atoms with Crippen molar-refractivity contribution in [3.8, 4) is 45.8 Å². The number of aryl methyl sites for hydroxylation is 7. The number of benzene rings is 1. The number of para-hydroxylation sites is 1. The molecule has 9 aromatic rings. The molecule has 5 saturated heterocycles. The summed E-state index contributed by atoms with van der Waals surface area (Å²) in [5, 5.41) is 77.5. The highest BCUT2D eigenvalue weighted by Gasteiger charge is 2.40. The van der Waals surface area contributed by atoms with Gasteiger partial charge in [-0.25, -0.2) is 24.7 Å². The van der Waals surface area contributed by atoms with Crippen LogP contribution >= 0.6 is 0 Å². The minimum absolute atomic E-state index is 0.0751. The number of hydrogen-bond donors (Lipinski definition) is 11. The Kier molecular flexibility index (Phi) is 38.0. The normalized spacial score (nSPS) is 24.2. The van der Waals surface area contributed by atoms with Gasteiger partial charge >= 0.3 is 5.97 Å². The first-order valence-electron chi connectivity index (χ1n) is 52.3. The number of likely N-dealkylation sites (tertiary alicyclic amines) is 1. The van der Waals surface area contributed by atoms with Crippen molar-refractivity contribution >= 4 is 40.1 Å². The van der Waals surface area contributed by atoms with Crippen LogP contribution in [0.5, 0.6) is 0 Å². The number of aliphatic hydroxyl groups is 4. The summed E-state index contributed by atoms with van der Waals surface area (Å²) in [7, 11) is 3.14. The number of aliphatic hydroxyl groups excluding tert-OH is 4. The second-order valence-corrected chi connectivity index (χ2v) is 40.7. The first-order chi connectivity index (χ1) is 68.0. The first-order valence-corrected chi connectivity index (χ1v) is 52.3. The Morgan fingerprint density at radius 1 is 0.436 bits per heavy atom. The van der Waals surface area contributed by atoms with Gasteiger partial charge < -0.3 is 111 Å². The molecule has 5 saturated carbocycles. The van der Waals surface area contributed by atoms with Crippen LogP contribution in [0.15, 0.2) is 108 Å². The Morgan fingerprint density at radius 2 is 0.800 bits per heavy atom. The Labute approximate surface area is 825 Å². The Balaban J connectivity index is 0.000000132. The number of nitrogens with one attached hydrogen (secondary N) is 5. The van der Waals surface area contributed by atoms with Crippen LogP contribution in [0.1, 0.15) is 246 Å². The van der Waals surface area contributed by atoms with E-state index in [0.717, 1.165) is 157 Å². The van der Waals surface area contributed by atoms with E-state index >= 15 is 0 Å². The number of rotatable bonds is 25. The van der Waals surface area contributed by atoms with Crippen molar-refractivity contribution in [2.24, 2.45) is 23.3 Å². The number of anilines is 4. The van der Waals surface area contributed by atoms with E-state index < -0.39 is 18.2 Å². The van der Waals surface area contributed by atoms with Gasteiger partial charge in [0.1, 0.15) is 34.7 Å². The van der Waals surface area contributed by atoms with Crippen molar-refractivity contribution in [2.75, 3.05) is 112 Å². The van der Waals surface area contributed by atoms with Gasteiger partial charge in [0, 0.05) is 194 Å². The smallest absolute Gasteiger partial charge is 0.341 e. The lowest BCUT2D eigenvalue weighted by Gasteiger charge is -2.41. The van der Waals surface area contributed by atoms with Crippen LogP contribution in [0.3, 0.4) is 0 Å². The van der Waals surface area contributed by atoms with Crippen molar-refractivity contribution in [3.05, 3.63) is 130 Å². The van der Waals surface area contributed by atoms with Gasteiger partial charge in [-0.1, -0.05) is 142 Å². The fraction of sp³-hybridized carbons (Fsp3) is 0.648. The molecule has 6 unspecified atom stereocenters. The molecule has 0 spiro atoms. The first kappa shape index (κ1) is 104. The van der Waals surface area contributed by atoms with Gasteiger partial charge in [-0.15, -0.1) is 0 Å². The second kappa shape index (κ2) is 51.1. The second-order valence-electron chi connectivity index (χ2n) is 40.7. The molecular weight excluding hydrogens is 1770 g/mol. The number of esters is 1. The number of allylic oxidation sites excluding steroid dienone is 1. The molecular formula is C105H156N24O11. The van der Waals surface area contributed by atoms with Crippen molar-refractivity contribution in [2.45, 2.75) is 333 Å². The van der Waals surface area contributed by atoms with E-state index in [0.29, 0.717) is 120 Å². The summed E-state index contributed by atoms with van der Waals surface area (Å²) < 4.78 is 32.5. The topological polar surface area (TPSA) is 452 Å². The van der Waals surface area contributed by atoms with E-state index in [1.54, 1.807) is 13.0 Å². The zero-order valence-corrected chi connectivity index (χ0v) is 84.4. The summed E-state index contributed by atoms with van der Waals surface area (Å²) in [4.78, 5) is 59.6. The summed E-state index contributed by atoms with van der Waals surface area (Å²) in [6.07, 6.45) is 44.1. The molecule has 10 aliphatic rings. The summed E-state index contributed by atoms with van der Waals surface area (Å²) in [5.41, 5.74) is 20.3. The monoisotopic (exact) mass is 1930 g/mol. The number of fused-ring (bicyclic) bond motifs is 1. The number of aromatic nitrogens is 12. The molecule has 140 heavy (non-hydrogen) atoms. The maximum Gasteiger partial charge on any atom is 0.341 e. The molecule has 8 aromatic heterocycles. The maximum atomic E-state index is 12.1. The van der Waals surface area contributed by atoms with Crippen LogP contribution in [0, 0.1) is 53.4 Å². The fourth-order valence-electron chi connectivity index (χ4n) is 22.2. The zero-order valence-electron chi connectivity index (χ0n) is 84.4. The van der Waals surface area contributed by atoms with Crippen molar-refractivity contribution in [3.63, 3.8) is 0 Å². The third-order valence-electron chi connectivity index (χ3n) is 29.8. The Bertz CT molecular complexity index is 5420. The molecule has 10 atom stereocenters. The molecule has 19 rings (SSSR count). The average Bonchev–Trinajstić information content (AvgIpc) is 1.36. The predicted octanol–water partition coefficient (Wildman–Crippen LogP) is 13.2. The summed E-state index contributed by atoms with van der Waals surface area (Å²) in [5.74, 6) is 8.03. The van der Waals surface area contributed by atoms with Gasteiger partial charge in [-0.05, 0) is 198 Å². The molecule has 762 valence electrons. The van der Waals surface area contributed by atoms with Crippen molar-refractivity contribution < 1.29 is 52.8 Å². The number of carbonyl (C=O) groups excluding carboxylic acids is 1. The van der Waals surface area contributed by atoms with Gasteiger partial charge in [0.05, 0.1) is 53.2 Å². The molecule has 13 heterocycles. The molecule has 35 nitrogen and oxygen atoms in total. The third kappa shape index (κ3) is 28.0. The molecule has 5 aliphatic carbocycles. The molecule has 35 heteroatoms.